The Kier molecular flexibility index (Phi) is 6.14. The first-order chi connectivity index (χ1) is 13.1. The van der Waals surface area contributed by atoms with E-state index in [1.807, 2.05) is 31.2 Å². The maximum absolute atomic E-state index is 12.9. The molecule has 2 aromatic carbocycles. The molecule has 0 N–H and O–H groups in total. The molecule has 1 aromatic heterocycles. The number of carbonyl (C=O) groups is 1. The van der Waals surface area contributed by atoms with Crippen LogP contribution in [0.3, 0.4) is 0 Å². The smallest absolute Gasteiger partial charge is 0.306 e. The first-order valence-electron chi connectivity index (χ1n) is 8.54. The van der Waals surface area contributed by atoms with E-state index in [4.69, 9.17) is 14.0 Å². The van der Waals surface area contributed by atoms with Gasteiger partial charge in [-0.25, -0.2) is 4.39 Å². The number of benzene rings is 2. The number of hydrogen-bond acceptors (Lipinski definition) is 6. The van der Waals surface area contributed by atoms with Gasteiger partial charge in [-0.05, 0) is 55.3 Å². The van der Waals surface area contributed by atoms with E-state index in [9.17, 15) is 9.18 Å². The van der Waals surface area contributed by atoms with Gasteiger partial charge in [0, 0.05) is 12.0 Å². The third-order valence-electron chi connectivity index (χ3n) is 3.71. The van der Waals surface area contributed by atoms with Crippen molar-refractivity contribution in [3.63, 3.8) is 0 Å². The summed E-state index contributed by atoms with van der Waals surface area (Å²) in [5.74, 6) is 0.560. The zero-order valence-electron chi connectivity index (χ0n) is 14.9. The maximum Gasteiger partial charge on any atom is 0.306 e. The highest BCUT2D eigenvalue weighted by molar-refractivity contribution is 5.69. The van der Waals surface area contributed by atoms with E-state index < -0.39 is 0 Å². The highest BCUT2D eigenvalue weighted by atomic mass is 19.1. The van der Waals surface area contributed by atoms with Gasteiger partial charge in [-0.15, -0.1) is 0 Å². The number of aryl methyl sites for hydroxylation is 1. The minimum absolute atomic E-state index is 0.0811. The van der Waals surface area contributed by atoms with Crippen LogP contribution in [0.25, 0.3) is 11.5 Å². The molecule has 3 rings (SSSR count). The highest BCUT2D eigenvalue weighted by Gasteiger charge is 2.11. The number of nitrogens with zero attached hydrogens (tertiary/aromatic N) is 2. The number of carbonyl (C=O) groups excluding carboxylic acids is 1. The van der Waals surface area contributed by atoms with Crippen LogP contribution in [0.15, 0.2) is 53.1 Å². The summed E-state index contributed by atoms with van der Waals surface area (Å²) in [5.41, 5.74) is 1.71. The average molecular weight is 370 g/mol. The largest absolute Gasteiger partial charge is 0.494 e. The number of esters is 1. The van der Waals surface area contributed by atoms with Crippen molar-refractivity contribution in [1.29, 1.82) is 0 Å². The summed E-state index contributed by atoms with van der Waals surface area (Å²) in [7, 11) is 0. The second kappa shape index (κ2) is 8.93. The van der Waals surface area contributed by atoms with Gasteiger partial charge in [0.15, 0.2) is 6.61 Å². The molecule has 0 saturated carbocycles. The number of halogens is 1. The summed E-state index contributed by atoms with van der Waals surface area (Å²) in [4.78, 5) is 15.9. The predicted molar refractivity (Wildman–Crippen MR) is 95.4 cm³/mol. The molecule has 6 nitrogen and oxygen atoms in total. The third-order valence-corrected chi connectivity index (χ3v) is 3.71. The molecule has 1 heterocycles. The Labute approximate surface area is 155 Å². The molecule has 0 aliphatic heterocycles. The van der Waals surface area contributed by atoms with E-state index in [1.54, 1.807) is 0 Å². The molecular formula is C20H19FN2O4. The Morgan fingerprint density at radius 1 is 1.19 bits per heavy atom. The first-order valence-corrected chi connectivity index (χ1v) is 8.54. The van der Waals surface area contributed by atoms with Gasteiger partial charge >= 0.3 is 5.97 Å². The summed E-state index contributed by atoms with van der Waals surface area (Å²) in [6.07, 6.45) is 0.772. The number of rotatable bonds is 8. The molecule has 27 heavy (non-hydrogen) atoms. The molecule has 7 heteroatoms. The van der Waals surface area contributed by atoms with E-state index in [0.29, 0.717) is 18.6 Å². The van der Waals surface area contributed by atoms with Crippen LogP contribution < -0.4 is 4.74 Å². The van der Waals surface area contributed by atoms with Crippen molar-refractivity contribution in [3.8, 4) is 17.2 Å². The van der Waals surface area contributed by atoms with Crippen molar-refractivity contribution in [2.45, 2.75) is 26.4 Å². The van der Waals surface area contributed by atoms with Crippen LogP contribution in [0, 0.1) is 12.7 Å². The quantitative estimate of drug-likeness (QED) is 0.439. The predicted octanol–water partition coefficient (Wildman–Crippen LogP) is 4.09. The molecule has 0 unspecified atom stereocenters. The topological polar surface area (TPSA) is 74.5 Å². The van der Waals surface area contributed by atoms with Crippen molar-refractivity contribution in [2.75, 3.05) is 6.61 Å². The van der Waals surface area contributed by atoms with E-state index in [1.165, 1.54) is 24.3 Å². The van der Waals surface area contributed by atoms with Crippen molar-refractivity contribution in [3.05, 3.63) is 65.7 Å². The van der Waals surface area contributed by atoms with E-state index in [-0.39, 0.29) is 36.5 Å². The first kappa shape index (κ1) is 18.6. The molecule has 0 fully saturated rings. The highest BCUT2D eigenvalue weighted by Crippen LogP contribution is 2.17. The Morgan fingerprint density at radius 3 is 2.78 bits per heavy atom. The molecular weight excluding hydrogens is 351 g/mol. The summed E-state index contributed by atoms with van der Waals surface area (Å²) < 4.78 is 28.7. The molecule has 0 atom stereocenters. The lowest BCUT2D eigenvalue weighted by molar-refractivity contribution is -0.145. The van der Waals surface area contributed by atoms with Gasteiger partial charge in [0.05, 0.1) is 6.61 Å². The number of ether oxygens (including phenoxy) is 2. The monoisotopic (exact) mass is 370 g/mol. The van der Waals surface area contributed by atoms with E-state index >= 15 is 0 Å². The molecule has 0 spiro atoms. The van der Waals surface area contributed by atoms with Gasteiger partial charge in [-0.1, -0.05) is 17.3 Å². The average Bonchev–Trinajstić information content (AvgIpc) is 3.13. The van der Waals surface area contributed by atoms with E-state index in [2.05, 4.69) is 10.1 Å². The third kappa shape index (κ3) is 5.64. The fraction of sp³-hybridized carbons (Fsp3) is 0.250. The minimum Gasteiger partial charge on any atom is -0.494 e. The van der Waals surface area contributed by atoms with Gasteiger partial charge in [0.2, 0.25) is 5.82 Å². The lowest BCUT2D eigenvalue weighted by Crippen LogP contribution is -2.08. The molecule has 3 aromatic rings. The summed E-state index contributed by atoms with van der Waals surface area (Å²) in [5, 5.41) is 3.75. The van der Waals surface area contributed by atoms with Crippen LogP contribution in [0.2, 0.25) is 0 Å². The molecule has 0 bridgehead atoms. The zero-order valence-corrected chi connectivity index (χ0v) is 14.9. The summed E-state index contributed by atoms with van der Waals surface area (Å²) in [6.45, 7) is 2.33. The summed E-state index contributed by atoms with van der Waals surface area (Å²) >= 11 is 0. The second-order valence-corrected chi connectivity index (χ2v) is 5.95. The van der Waals surface area contributed by atoms with Crippen LogP contribution in [0.1, 0.15) is 24.2 Å². The zero-order chi connectivity index (χ0) is 19.1. The molecule has 0 amide bonds. The van der Waals surface area contributed by atoms with Crippen LogP contribution in [-0.4, -0.2) is 22.7 Å². The second-order valence-electron chi connectivity index (χ2n) is 5.95. The number of hydrogen-bond donors (Lipinski definition) is 0. The summed E-state index contributed by atoms with van der Waals surface area (Å²) in [6, 6.07) is 13.4. The fourth-order valence-corrected chi connectivity index (χ4v) is 2.35. The van der Waals surface area contributed by atoms with Crippen molar-refractivity contribution in [1.82, 2.24) is 10.1 Å². The van der Waals surface area contributed by atoms with Crippen LogP contribution >= 0.6 is 0 Å². The lowest BCUT2D eigenvalue weighted by Gasteiger charge is -2.06. The molecule has 0 aliphatic carbocycles. The van der Waals surface area contributed by atoms with Gasteiger partial charge in [-0.2, -0.15) is 4.98 Å². The fourth-order valence-electron chi connectivity index (χ4n) is 2.35. The van der Waals surface area contributed by atoms with Crippen LogP contribution in [0.5, 0.6) is 5.75 Å². The number of aromatic nitrogens is 2. The van der Waals surface area contributed by atoms with Gasteiger partial charge in [0.25, 0.3) is 5.89 Å². The standard InChI is InChI=1S/C20H19FN2O4/c1-14-4-2-5-17(12-14)25-11-3-6-19(24)26-13-18-22-20(27-23-18)15-7-9-16(21)10-8-15/h2,4-5,7-10,12H,3,6,11,13H2,1H3. The Morgan fingerprint density at radius 2 is 2.00 bits per heavy atom. The van der Waals surface area contributed by atoms with Crippen molar-refractivity contribution < 1.29 is 23.2 Å². The van der Waals surface area contributed by atoms with Crippen LogP contribution in [0.4, 0.5) is 4.39 Å². The van der Waals surface area contributed by atoms with Gasteiger partial charge in [-0.3, -0.25) is 4.79 Å². The molecule has 0 aliphatic rings. The Bertz CT molecular complexity index is 893. The maximum atomic E-state index is 12.9. The minimum atomic E-state index is -0.365. The van der Waals surface area contributed by atoms with E-state index in [0.717, 1.165) is 11.3 Å². The van der Waals surface area contributed by atoms with Crippen molar-refractivity contribution in [2.24, 2.45) is 0 Å². The molecule has 0 saturated heterocycles. The molecule has 140 valence electrons. The van der Waals surface area contributed by atoms with Crippen LogP contribution in [-0.2, 0) is 16.1 Å². The Hall–Kier alpha value is -3.22. The van der Waals surface area contributed by atoms with Crippen molar-refractivity contribution >= 4 is 5.97 Å². The van der Waals surface area contributed by atoms with Gasteiger partial charge < -0.3 is 14.0 Å². The SMILES string of the molecule is Cc1cccc(OCCCC(=O)OCc2noc(-c3ccc(F)cc3)n2)c1. The Balaban J connectivity index is 1.38. The normalized spacial score (nSPS) is 10.6. The van der Waals surface area contributed by atoms with Gasteiger partial charge in [0.1, 0.15) is 11.6 Å². The lowest BCUT2D eigenvalue weighted by atomic mass is 10.2. The molecule has 0 radical (unpaired) electrons.